The second-order valence-electron chi connectivity index (χ2n) is 8.88. The number of anilines is 1. The van der Waals surface area contributed by atoms with Crippen LogP contribution in [0.25, 0.3) is 39.0 Å². The summed E-state index contributed by atoms with van der Waals surface area (Å²) in [7, 11) is 3.68. The molecule has 0 aliphatic rings. The molecule has 11 heteroatoms. The number of hydrogen-bond donors (Lipinski definition) is 3. The smallest absolute Gasteiger partial charge is 0.152 e. The molecule has 0 amide bonds. The van der Waals surface area contributed by atoms with Crippen LogP contribution in [0.15, 0.2) is 67.4 Å². The fraction of sp³-hybridized carbons (Fsp3) is 0.192. The fourth-order valence-electron chi connectivity index (χ4n) is 4.13. The van der Waals surface area contributed by atoms with E-state index in [1.165, 1.54) is 0 Å². The van der Waals surface area contributed by atoms with Gasteiger partial charge in [-0.3, -0.25) is 9.67 Å². The monoisotopic (exact) mass is 505 g/mol. The van der Waals surface area contributed by atoms with Gasteiger partial charge >= 0.3 is 0 Å². The number of pyridine rings is 2. The van der Waals surface area contributed by atoms with Crippen LogP contribution in [0.5, 0.6) is 0 Å². The third-order valence-electron chi connectivity index (χ3n) is 5.77. The molecule has 1 unspecified atom stereocenters. The molecule has 0 aliphatic heterocycles. The first-order chi connectivity index (χ1) is 17.8. The highest BCUT2D eigenvalue weighted by atomic mass is 19.1. The third-order valence-corrected chi connectivity index (χ3v) is 5.77. The van der Waals surface area contributed by atoms with Gasteiger partial charge in [-0.2, -0.15) is 10.2 Å². The van der Waals surface area contributed by atoms with Gasteiger partial charge in [-0.1, -0.05) is 6.07 Å². The molecular weight excluding hydrogens is 480 g/mol. The first-order valence-corrected chi connectivity index (χ1v) is 11.5. The number of aromatic nitrogens is 5. The van der Waals surface area contributed by atoms with E-state index in [1.807, 2.05) is 38.5 Å². The second kappa shape index (κ2) is 10.1. The molecule has 0 bridgehead atoms. The van der Waals surface area contributed by atoms with E-state index in [1.54, 1.807) is 44.9 Å². The molecule has 37 heavy (non-hydrogen) atoms. The van der Waals surface area contributed by atoms with Crippen molar-refractivity contribution < 1.29 is 19.0 Å². The van der Waals surface area contributed by atoms with Gasteiger partial charge in [0.1, 0.15) is 11.5 Å². The number of fused-ring (bicyclic) bond motifs is 1. The van der Waals surface area contributed by atoms with Crippen molar-refractivity contribution in [1.82, 2.24) is 29.4 Å². The third kappa shape index (κ3) is 5.19. The summed E-state index contributed by atoms with van der Waals surface area (Å²) in [5.74, 6) is -1.48. The molecule has 0 spiro atoms. The largest absolute Gasteiger partial charge is 0.394 e. The second-order valence-corrected chi connectivity index (χ2v) is 8.88. The van der Waals surface area contributed by atoms with Crippen LogP contribution in [0, 0.1) is 11.6 Å². The van der Waals surface area contributed by atoms with Crippen molar-refractivity contribution in [3.05, 3.63) is 79.0 Å². The lowest BCUT2D eigenvalue weighted by atomic mass is 10.0. The Morgan fingerprint density at radius 2 is 1.76 bits per heavy atom. The molecule has 4 aromatic heterocycles. The Bertz CT molecular complexity index is 1560. The molecule has 0 saturated heterocycles. The van der Waals surface area contributed by atoms with E-state index in [2.05, 4.69) is 20.6 Å². The van der Waals surface area contributed by atoms with Gasteiger partial charge in [0.25, 0.3) is 0 Å². The summed E-state index contributed by atoms with van der Waals surface area (Å²) in [6, 6.07) is 10.2. The van der Waals surface area contributed by atoms with E-state index in [9.17, 15) is 13.9 Å². The summed E-state index contributed by atoms with van der Waals surface area (Å²) in [6.07, 6.45) is 7.18. The van der Waals surface area contributed by atoms with Crippen molar-refractivity contribution in [3.63, 3.8) is 0 Å². The number of rotatable bonds is 8. The van der Waals surface area contributed by atoms with Gasteiger partial charge in [-0.05, 0) is 29.8 Å². The first-order valence-electron chi connectivity index (χ1n) is 11.5. The van der Waals surface area contributed by atoms with Crippen LogP contribution in [0.4, 0.5) is 14.5 Å². The van der Waals surface area contributed by atoms with Crippen LogP contribution in [-0.4, -0.2) is 66.4 Å². The normalized spacial score (nSPS) is 12.4. The van der Waals surface area contributed by atoms with E-state index < -0.39 is 17.7 Å². The van der Waals surface area contributed by atoms with E-state index >= 15 is 0 Å². The molecular formula is C26H25F2N7O2. The summed E-state index contributed by atoms with van der Waals surface area (Å²) in [6.45, 7) is -0.151. The van der Waals surface area contributed by atoms with Crippen molar-refractivity contribution >= 4 is 11.2 Å². The number of hydrazine groups is 1. The minimum absolute atomic E-state index is 0.0483. The van der Waals surface area contributed by atoms with Crippen LogP contribution >= 0.6 is 0 Å². The molecule has 0 fully saturated rings. The Morgan fingerprint density at radius 3 is 2.51 bits per heavy atom. The Kier molecular flexibility index (Phi) is 6.66. The van der Waals surface area contributed by atoms with Crippen LogP contribution in [-0.2, 0) is 6.54 Å². The highest BCUT2D eigenvalue weighted by Crippen LogP contribution is 2.33. The number of aliphatic hydroxyl groups excluding tert-OH is 2. The van der Waals surface area contributed by atoms with Crippen LogP contribution in [0.2, 0.25) is 0 Å². The summed E-state index contributed by atoms with van der Waals surface area (Å²) in [5, 5.41) is 29.2. The number of benzene rings is 1. The van der Waals surface area contributed by atoms with Gasteiger partial charge in [0.05, 0.1) is 49.1 Å². The Labute approximate surface area is 211 Å². The lowest BCUT2D eigenvalue weighted by Gasteiger charge is -2.16. The van der Waals surface area contributed by atoms with Gasteiger partial charge in [0.2, 0.25) is 0 Å². The van der Waals surface area contributed by atoms with Gasteiger partial charge < -0.3 is 15.6 Å². The van der Waals surface area contributed by atoms with Gasteiger partial charge in [0.15, 0.2) is 5.82 Å². The average Bonchev–Trinajstić information content (AvgIpc) is 3.50. The molecule has 0 radical (unpaired) electrons. The van der Waals surface area contributed by atoms with E-state index in [-0.39, 0.29) is 18.8 Å². The van der Waals surface area contributed by atoms with Crippen molar-refractivity contribution in [1.29, 1.82) is 0 Å². The highest BCUT2D eigenvalue weighted by Gasteiger charge is 2.15. The maximum absolute atomic E-state index is 14.6. The van der Waals surface area contributed by atoms with Crippen molar-refractivity contribution in [2.24, 2.45) is 0 Å². The summed E-state index contributed by atoms with van der Waals surface area (Å²) >= 11 is 0. The maximum atomic E-state index is 14.6. The Morgan fingerprint density at radius 1 is 0.946 bits per heavy atom. The Balaban J connectivity index is 1.54. The topological polar surface area (TPSA) is 104 Å². The number of aliphatic hydroxyl groups is 2. The average molecular weight is 506 g/mol. The maximum Gasteiger partial charge on any atom is 0.152 e. The summed E-state index contributed by atoms with van der Waals surface area (Å²) in [5.41, 5.74) is 8.56. The molecule has 190 valence electrons. The molecule has 1 atom stereocenters. The number of nitrogens with zero attached hydrogens (tertiary/aromatic N) is 6. The molecule has 5 aromatic rings. The first kappa shape index (κ1) is 24.5. The predicted octanol–water partition coefficient (Wildman–Crippen LogP) is 3.45. The highest BCUT2D eigenvalue weighted by molar-refractivity contribution is 5.85. The molecule has 0 saturated carbocycles. The number of nitrogens with one attached hydrogen (secondary N) is 1. The molecule has 1 aromatic carbocycles. The minimum atomic E-state index is -0.884. The van der Waals surface area contributed by atoms with Crippen LogP contribution in [0.1, 0.15) is 0 Å². The number of halogens is 2. The van der Waals surface area contributed by atoms with Gasteiger partial charge in [-0.15, -0.1) is 0 Å². The van der Waals surface area contributed by atoms with Crippen LogP contribution in [0.3, 0.4) is 0 Å². The Hall–Kier alpha value is -4.19. The lowest BCUT2D eigenvalue weighted by Crippen LogP contribution is -2.19. The zero-order chi connectivity index (χ0) is 26.1. The van der Waals surface area contributed by atoms with E-state index in [0.29, 0.717) is 11.3 Å². The zero-order valence-electron chi connectivity index (χ0n) is 20.2. The van der Waals surface area contributed by atoms with Gasteiger partial charge in [0, 0.05) is 54.8 Å². The van der Waals surface area contributed by atoms with Crippen molar-refractivity contribution in [3.8, 4) is 33.5 Å². The zero-order valence-corrected chi connectivity index (χ0v) is 20.2. The molecule has 3 N–H and O–H groups in total. The molecule has 0 aliphatic carbocycles. The summed E-state index contributed by atoms with van der Waals surface area (Å²) < 4.78 is 31.3. The predicted molar refractivity (Wildman–Crippen MR) is 135 cm³/mol. The van der Waals surface area contributed by atoms with E-state index in [0.717, 1.165) is 40.0 Å². The van der Waals surface area contributed by atoms with Gasteiger partial charge in [-0.25, -0.2) is 18.3 Å². The van der Waals surface area contributed by atoms with Crippen LogP contribution < -0.4 is 5.43 Å². The van der Waals surface area contributed by atoms with E-state index in [4.69, 9.17) is 5.11 Å². The minimum Gasteiger partial charge on any atom is -0.394 e. The standard InChI is InChI=1S/C26H25F2N7O2/c1-33(2)32-21-6-17(5-18(7-21)26-24(28)8-20(27)10-29-26)23-11-31-35-13-16(3-4-25(23)35)19-9-30-34(12-19)14-22(37)15-36/h3-13,22,32,36-37H,14-15H2,1-2H3. The van der Waals surface area contributed by atoms with Crippen molar-refractivity contribution in [2.45, 2.75) is 12.6 Å². The molecule has 5 rings (SSSR count). The molecule has 9 nitrogen and oxygen atoms in total. The SMILES string of the molecule is CN(C)Nc1cc(-c2ncc(F)cc2F)cc(-c2cnn3cc(-c4cnn(CC(O)CO)c4)ccc23)c1. The lowest BCUT2D eigenvalue weighted by molar-refractivity contribution is 0.0783. The molecule has 4 heterocycles. The van der Waals surface area contributed by atoms with Crippen molar-refractivity contribution in [2.75, 3.05) is 26.1 Å². The fourth-order valence-corrected chi connectivity index (χ4v) is 4.13. The number of hydrogen-bond acceptors (Lipinski definition) is 7. The quantitative estimate of drug-likeness (QED) is 0.278. The summed E-state index contributed by atoms with van der Waals surface area (Å²) in [4.78, 5) is 3.97.